The molecule has 0 fully saturated rings. The molecule has 0 radical (unpaired) electrons. The number of fused-ring (bicyclic) bond motifs is 2. The second kappa shape index (κ2) is 6.47. The topological polar surface area (TPSA) is 52.7 Å². The summed E-state index contributed by atoms with van der Waals surface area (Å²) in [5.41, 5.74) is 2.71. The van der Waals surface area contributed by atoms with Crippen LogP contribution in [0.1, 0.15) is 51.0 Å². The van der Waals surface area contributed by atoms with Gasteiger partial charge in [0.2, 0.25) is 0 Å². The second-order valence-corrected chi connectivity index (χ2v) is 8.57. The Kier molecular flexibility index (Phi) is 4.29. The summed E-state index contributed by atoms with van der Waals surface area (Å²) in [4.78, 5) is 17.4. The number of hydrogen-bond acceptors (Lipinski definition) is 3. The van der Waals surface area contributed by atoms with Crippen molar-refractivity contribution in [3.63, 3.8) is 0 Å². The number of carbonyl (C=O) groups is 1. The van der Waals surface area contributed by atoms with Gasteiger partial charge in [-0.3, -0.25) is 4.79 Å². The summed E-state index contributed by atoms with van der Waals surface area (Å²) in [7, 11) is 0. The molecule has 0 saturated carbocycles. The lowest BCUT2D eigenvalue weighted by Crippen LogP contribution is -2.27. The highest BCUT2D eigenvalue weighted by molar-refractivity contribution is 5.96. The van der Waals surface area contributed by atoms with E-state index in [1.165, 1.54) is 10.7 Å². The molecule has 5 nitrogen and oxygen atoms in total. The average molecular weight is 396 g/mol. The molecule has 0 bridgehead atoms. The van der Waals surface area contributed by atoms with Gasteiger partial charge in [-0.05, 0) is 30.2 Å². The van der Waals surface area contributed by atoms with Gasteiger partial charge >= 0.3 is 0 Å². The molecule has 4 aromatic rings. The molecule has 0 spiro atoms. The van der Waals surface area contributed by atoms with Crippen molar-refractivity contribution in [1.82, 2.24) is 19.3 Å². The molecule has 0 aliphatic carbocycles. The smallest absolute Gasteiger partial charge is 0.254 e. The van der Waals surface area contributed by atoms with Crippen LogP contribution in [-0.2, 0) is 0 Å². The van der Waals surface area contributed by atoms with E-state index in [9.17, 15) is 13.6 Å². The number of halogens is 2. The van der Waals surface area contributed by atoms with Crippen LogP contribution in [0.5, 0.6) is 0 Å². The number of pyridine rings is 1. The molecule has 0 unspecified atom stereocenters. The molecule has 0 aliphatic heterocycles. The lowest BCUT2D eigenvalue weighted by atomic mass is 9.96. The van der Waals surface area contributed by atoms with E-state index in [0.29, 0.717) is 22.2 Å². The van der Waals surface area contributed by atoms with Crippen molar-refractivity contribution < 1.29 is 13.6 Å². The fourth-order valence-corrected chi connectivity index (χ4v) is 3.39. The van der Waals surface area contributed by atoms with E-state index >= 15 is 0 Å². The van der Waals surface area contributed by atoms with Crippen molar-refractivity contribution in [2.45, 2.75) is 40.5 Å². The number of rotatable bonds is 2. The minimum absolute atomic E-state index is 0.119. The van der Waals surface area contributed by atoms with Crippen molar-refractivity contribution in [3.05, 3.63) is 53.9 Å². The Balaban J connectivity index is 2.00. The monoisotopic (exact) mass is 396 g/mol. The maximum Gasteiger partial charge on any atom is 0.254 e. The molecule has 0 aliphatic rings. The predicted molar refractivity (Wildman–Crippen MR) is 108 cm³/mol. The molecule has 0 N–H and O–H groups in total. The molecule has 29 heavy (non-hydrogen) atoms. The Bertz CT molecular complexity index is 1260. The first-order valence-electron chi connectivity index (χ1n) is 9.48. The van der Waals surface area contributed by atoms with E-state index in [4.69, 9.17) is 4.98 Å². The van der Waals surface area contributed by atoms with Crippen LogP contribution in [0.25, 0.3) is 27.8 Å². The minimum Gasteiger partial charge on any atom is -0.312 e. The Morgan fingerprint density at radius 3 is 2.41 bits per heavy atom. The highest BCUT2D eigenvalue weighted by Crippen LogP contribution is 2.31. The molecule has 0 atom stereocenters. The van der Waals surface area contributed by atoms with Gasteiger partial charge < -0.3 is 4.57 Å². The number of benzene rings is 1. The van der Waals surface area contributed by atoms with E-state index in [-0.39, 0.29) is 11.8 Å². The normalized spacial score (nSPS) is 12.4. The number of hydrogen-bond donors (Lipinski definition) is 0. The number of nitrogens with zero attached hydrogens (tertiary/aromatic N) is 4. The van der Waals surface area contributed by atoms with Gasteiger partial charge in [-0.1, -0.05) is 34.6 Å². The molecule has 7 heteroatoms. The maximum atomic E-state index is 13.9. The van der Waals surface area contributed by atoms with Crippen LogP contribution in [0.4, 0.5) is 8.78 Å². The maximum absolute atomic E-state index is 13.9. The molecule has 0 saturated heterocycles. The zero-order chi connectivity index (χ0) is 21.1. The van der Waals surface area contributed by atoms with E-state index < -0.39 is 17.0 Å². The summed E-state index contributed by atoms with van der Waals surface area (Å²) in [6.07, 6.45) is 1.60. The first kappa shape index (κ1) is 19.2. The summed E-state index contributed by atoms with van der Waals surface area (Å²) >= 11 is 0. The van der Waals surface area contributed by atoms with Crippen LogP contribution in [0.3, 0.4) is 0 Å². The molecule has 3 aromatic heterocycles. The van der Waals surface area contributed by atoms with Crippen LogP contribution < -0.4 is 0 Å². The summed E-state index contributed by atoms with van der Waals surface area (Å²) in [5, 5.41) is 4.94. The highest BCUT2D eigenvalue weighted by atomic mass is 19.2. The lowest BCUT2D eigenvalue weighted by Gasteiger charge is -2.16. The van der Waals surface area contributed by atoms with Crippen LogP contribution in [0.15, 0.2) is 36.5 Å². The Morgan fingerprint density at radius 2 is 1.79 bits per heavy atom. The van der Waals surface area contributed by atoms with Crippen molar-refractivity contribution in [1.29, 1.82) is 0 Å². The quantitative estimate of drug-likeness (QED) is 0.452. The first-order chi connectivity index (χ1) is 13.6. The highest BCUT2D eigenvalue weighted by Gasteiger charge is 2.26. The Labute approximate surface area is 167 Å². The third-order valence-electron chi connectivity index (χ3n) is 4.92. The van der Waals surface area contributed by atoms with E-state index in [1.807, 2.05) is 51.3 Å². The van der Waals surface area contributed by atoms with Gasteiger partial charge in [0, 0.05) is 28.2 Å². The molecular weight excluding hydrogens is 374 g/mol. The zero-order valence-corrected chi connectivity index (χ0v) is 17.0. The van der Waals surface area contributed by atoms with Crippen molar-refractivity contribution >= 4 is 28.0 Å². The Morgan fingerprint density at radius 1 is 1.07 bits per heavy atom. The lowest BCUT2D eigenvalue weighted by molar-refractivity contribution is 0.0754. The Hall–Kier alpha value is -3.09. The number of aromatic nitrogens is 4. The molecule has 1 aromatic carbocycles. The summed E-state index contributed by atoms with van der Waals surface area (Å²) in [6.45, 7) is 9.54. The van der Waals surface area contributed by atoms with E-state index in [0.717, 1.165) is 17.3 Å². The SMILES string of the molecule is CC(C)c1cc2nc3c(cnn3C(=O)C(C)(C)C)cc2n1-c1ccc(F)c(F)c1. The fraction of sp³-hybridized carbons (Fsp3) is 0.318. The van der Waals surface area contributed by atoms with Gasteiger partial charge in [0.15, 0.2) is 17.3 Å². The molecule has 0 amide bonds. The van der Waals surface area contributed by atoms with Crippen LogP contribution in [0.2, 0.25) is 0 Å². The van der Waals surface area contributed by atoms with Crippen molar-refractivity contribution in [2.24, 2.45) is 5.41 Å². The third-order valence-corrected chi connectivity index (χ3v) is 4.92. The molecule has 150 valence electrons. The predicted octanol–water partition coefficient (Wildman–Crippen LogP) is 5.46. The zero-order valence-electron chi connectivity index (χ0n) is 17.0. The molecule has 4 rings (SSSR count). The minimum atomic E-state index is -0.906. The van der Waals surface area contributed by atoms with Gasteiger partial charge in [0.1, 0.15) is 0 Å². The van der Waals surface area contributed by atoms with E-state index in [1.54, 1.807) is 12.3 Å². The summed E-state index contributed by atoms with van der Waals surface area (Å²) in [5.74, 6) is -1.83. The average Bonchev–Trinajstić information content (AvgIpc) is 3.21. The largest absolute Gasteiger partial charge is 0.312 e. The van der Waals surface area contributed by atoms with Crippen LogP contribution >= 0.6 is 0 Å². The van der Waals surface area contributed by atoms with Crippen molar-refractivity contribution in [2.75, 3.05) is 0 Å². The number of carbonyl (C=O) groups excluding carboxylic acids is 1. The second-order valence-electron chi connectivity index (χ2n) is 8.57. The van der Waals surface area contributed by atoms with Crippen LogP contribution in [-0.4, -0.2) is 25.2 Å². The molecular formula is C22H22F2N4O. The van der Waals surface area contributed by atoms with Gasteiger partial charge in [0.05, 0.1) is 17.2 Å². The fourth-order valence-electron chi connectivity index (χ4n) is 3.39. The van der Waals surface area contributed by atoms with E-state index in [2.05, 4.69) is 5.10 Å². The van der Waals surface area contributed by atoms with Gasteiger partial charge in [-0.2, -0.15) is 9.78 Å². The van der Waals surface area contributed by atoms with Gasteiger partial charge in [-0.15, -0.1) is 0 Å². The van der Waals surface area contributed by atoms with Gasteiger partial charge in [-0.25, -0.2) is 13.8 Å². The van der Waals surface area contributed by atoms with Crippen molar-refractivity contribution in [3.8, 4) is 5.69 Å². The summed E-state index contributed by atoms with van der Waals surface area (Å²) in [6, 6.07) is 7.63. The molecule has 3 heterocycles. The summed E-state index contributed by atoms with van der Waals surface area (Å²) < 4.78 is 30.6. The van der Waals surface area contributed by atoms with Crippen LogP contribution in [0, 0.1) is 17.0 Å². The van der Waals surface area contributed by atoms with Gasteiger partial charge in [0.25, 0.3) is 5.91 Å². The third kappa shape index (κ3) is 3.10. The standard InChI is InChI=1S/C22H22F2N4O/c1-12(2)18-10-17-19(27(18)14-6-7-15(23)16(24)9-14)8-13-11-25-28(20(13)26-17)21(29)22(3,4)5/h6-12H,1-5H3. The first-order valence-corrected chi connectivity index (χ1v) is 9.48.